The molecule has 0 bridgehead atoms. The van der Waals surface area contributed by atoms with Crippen molar-refractivity contribution in [3.63, 3.8) is 0 Å². The molecule has 6 nitrogen and oxygen atoms in total. The molecule has 22 heavy (non-hydrogen) atoms. The minimum atomic E-state index is -1.90. The smallest absolute Gasteiger partial charge is 0.412 e. The van der Waals surface area contributed by atoms with Crippen LogP contribution in [-0.2, 0) is 14.0 Å². The van der Waals surface area contributed by atoms with Crippen molar-refractivity contribution in [3.8, 4) is 0 Å². The highest BCUT2D eigenvalue weighted by atomic mass is 28.4. The molecule has 1 fully saturated rings. The third-order valence-electron chi connectivity index (χ3n) is 4.27. The van der Waals surface area contributed by atoms with E-state index in [1.165, 1.54) is 4.90 Å². The van der Waals surface area contributed by atoms with Crippen LogP contribution in [0.25, 0.3) is 0 Å². The van der Waals surface area contributed by atoms with Gasteiger partial charge in [0.25, 0.3) is 0 Å². The van der Waals surface area contributed by atoms with Crippen molar-refractivity contribution >= 4 is 14.4 Å². The zero-order chi connectivity index (χ0) is 17.3. The first-order chi connectivity index (χ1) is 9.77. The minimum Gasteiger partial charge on any atom is -0.444 e. The first-order valence-corrected chi connectivity index (χ1v) is 10.7. The fourth-order valence-electron chi connectivity index (χ4n) is 2.08. The van der Waals surface area contributed by atoms with E-state index in [1.54, 1.807) is 0 Å². The lowest BCUT2D eigenvalue weighted by Gasteiger charge is -2.38. The van der Waals surface area contributed by atoms with Gasteiger partial charge in [0, 0.05) is 6.42 Å². The summed E-state index contributed by atoms with van der Waals surface area (Å²) in [5, 5.41) is 0.116. The van der Waals surface area contributed by atoms with Gasteiger partial charge in [-0.25, -0.2) is 10.7 Å². The third kappa shape index (κ3) is 4.94. The molecule has 0 aromatic heterocycles. The Labute approximate surface area is 135 Å². The Morgan fingerprint density at radius 3 is 2.14 bits per heavy atom. The second kappa shape index (κ2) is 6.47. The molecule has 0 spiro atoms. The second-order valence-electron chi connectivity index (χ2n) is 8.46. The fraction of sp³-hybridized carbons (Fsp3) is 0.933. The van der Waals surface area contributed by atoms with Crippen LogP contribution in [0.2, 0.25) is 18.1 Å². The number of hydrogen-bond donors (Lipinski definition) is 1. The zero-order valence-electron chi connectivity index (χ0n) is 15.2. The molecular formula is C15H32N2O4Si. The van der Waals surface area contributed by atoms with E-state index in [9.17, 15) is 4.79 Å². The average molecular weight is 333 g/mol. The first-order valence-electron chi connectivity index (χ1n) is 7.80. The molecular weight excluding hydrogens is 300 g/mol. The van der Waals surface area contributed by atoms with Crippen molar-refractivity contribution in [1.29, 1.82) is 0 Å². The number of amides is 1. The Bertz CT molecular complexity index is 401. The normalized spacial score (nSPS) is 23.8. The van der Waals surface area contributed by atoms with Crippen LogP contribution in [0.3, 0.4) is 0 Å². The Kier molecular flexibility index (Phi) is 5.71. The predicted molar refractivity (Wildman–Crippen MR) is 88.7 cm³/mol. The summed E-state index contributed by atoms with van der Waals surface area (Å²) in [6, 6.07) is 0. The SMILES string of the molecule is CC(C)(C)OC(=O)N1CC(O[Si](C)(C)C(C)(C)C)CC1ON. The molecule has 2 atom stereocenters. The highest BCUT2D eigenvalue weighted by Crippen LogP contribution is 2.39. The van der Waals surface area contributed by atoms with Crippen LogP contribution in [-0.4, -0.2) is 43.8 Å². The van der Waals surface area contributed by atoms with Crippen LogP contribution in [0.4, 0.5) is 4.79 Å². The van der Waals surface area contributed by atoms with Crippen LogP contribution in [0.15, 0.2) is 0 Å². The van der Waals surface area contributed by atoms with E-state index in [4.69, 9.17) is 19.9 Å². The molecule has 1 saturated heterocycles. The van der Waals surface area contributed by atoms with Crippen molar-refractivity contribution in [1.82, 2.24) is 4.90 Å². The molecule has 1 aliphatic heterocycles. The van der Waals surface area contributed by atoms with E-state index < -0.39 is 26.2 Å². The number of ether oxygens (including phenoxy) is 1. The molecule has 1 aliphatic rings. The Morgan fingerprint density at radius 1 is 1.18 bits per heavy atom. The maximum Gasteiger partial charge on any atom is 0.412 e. The van der Waals surface area contributed by atoms with Crippen LogP contribution < -0.4 is 5.90 Å². The molecule has 0 radical (unpaired) electrons. The Morgan fingerprint density at radius 2 is 1.73 bits per heavy atom. The summed E-state index contributed by atoms with van der Waals surface area (Å²) in [7, 11) is -1.90. The topological polar surface area (TPSA) is 74.0 Å². The van der Waals surface area contributed by atoms with Crippen molar-refractivity contribution in [2.24, 2.45) is 5.90 Å². The molecule has 2 unspecified atom stereocenters. The van der Waals surface area contributed by atoms with Gasteiger partial charge in [-0.05, 0) is 38.9 Å². The van der Waals surface area contributed by atoms with Gasteiger partial charge in [-0.15, -0.1) is 0 Å². The van der Waals surface area contributed by atoms with E-state index in [0.29, 0.717) is 13.0 Å². The number of hydrogen-bond acceptors (Lipinski definition) is 5. The summed E-state index contributed by atoms with van der Waals surface area (Å²) < 4.78 is 11.8. The van der Waals surface area contributed by atoms with E-state index in [-0.39, 0.29) is 11.1 Å². The monoisotopic (exact) mass is 332 g/mol. The fourth-order valence-corrected chi connectivity index (χ4v) is 3.44. The predicted octanol–water partition coefficient (Wildman–Crippen LogP) is 3.23. The number of rotatable bonds is 3. The summed E-state index contributed by atoms with van der Waals surface area (Å²) in [6.45, 7) is 16.9. The molecule has 130 valence electrons. The quantitative estimate of drug-likeness (QED) is 0.634. The molecule has 0 saturated carbocycles. The van der Waals surface area contributed by atoms with Crippen molar-refractivity contribution in [3.05, 3.63) is 0 Å². The van der Waals surface area contributed by atoms with E-state index in [0.717, 1.165) is 0 Å². The molecule has 2 N–H and O–H groups in total. The van der Waals surface area contributed by atoms with Gasteiger partial charge in [-0.2, -0.15) is 0 Å². The molecule has 0 aliphatic carbocycles. The lowest BCUT2D eigenvalue weighted by Crippen LogP contribution is -2.45. The van der Waals surface area contributed by atoms with E-state index in [2.05, 4.69) is 33.9 Å². The lowest BCUT2D eigenvalue weighted by atomic mass is 10.2. The third-order valence-corrected chi connectivity index (χ3v) is 8.80. The summed E-state index contributed by atoms with van der Waals surface area (Å²) >= 11 is 0. The van der Waals surface area contributed by atoms with E-state index >= 15 is 0 Å². The van der Waals surface area contributed by atoms with Gasteiger partial charge in [-0.1, -0.05) is 20.8 Å². The largest absolute Gasteiger partial charge is 0.444 e. The standard InChI is InChI=1S/C15H32N2O4Si/c1-14(2,3)19-13(18)17-10-11(9-12(17)20-16)21-22(7,8)15(4,5)6/h11-12H,9-10,16H2,1-8H3. The van der Waals surface area contributed by atoms with Crippen molar-refractivity contribution < 1.29 is 18.8 Å². The number of nitrogens with two attached hydrogens (primary N) is 1. The Hall–Kier alpha value is -0.633. The van der Waals surface area contributed by atoms with Crippen LogP contribution in [0.1, 0.15) is 48.0 Å². The molecule has 1 amide bonds. The van der Waals surface area contributed by atoms with Crippen molar-refractivity contribution in [2.75, 3.05) is 6.54 Å². The molecule has 1 heterocycles. The summed E-state index contributed by atoms with van der Waals surface area (Å²) in [5.74, 6) is 5.34. The summed E-state index contributed by atoms with van der Waals surface area (Å²) in [6.07, 6.45) is -0.404. The van der Waals surface area contributed by atoms with Gasteiger partial charge in [0.2, 0.25) is 0 Å². The number of likely N-dealkylation sites (tertiary alicyclic amines) is 1. The van der Waals surface area contributed by atoms with E-state index in [1.807, 2.05) is 20.8 Å². The maximum atomic E-state index is 12.3. The minimum absolute atomic E-state index is 0.0676. The van der Waals surface area contributed by atoms with Crippen LogP contribution >= 0.6 is 0 Å². The van der Waals surface area contributed by atoms with Gasteiger partial charge in [0.05, 0.1) is 12.6 Å². The Balaban J connectivity index is 2.75. The lowest BCUT2D eigenvalue weighted by molar-refractivity contribution is -0.0505. The first kappa shape index (κ1) is 19.4. The average Bonchev–Trinajstić information content (AvgIpc) is 2.67. The van der Waals surface area contributed by atoms with Gasteiger partial charge in [-0.3, -0.25) is 9.74 Å². The highest BCUT2D eigenvalue weighted by molar-refractivity contribution is 6.74. The van der Waals surface area contributed by atoms with Gasteiger partial charge < -0.3 is 9.16 Å². The molecule has 0 aromatic rings. The number of carbonyl (C=O) groups is 1. The molecule has 7 heteroatoms. The second-order valence-corrected chi connectivity index (χ2v) is 13.2. The van der Waals surface area contributed by atoms with Crippen LogP contribution in [0, 0.1) is 0 Å². The summed E-state index contributed by atoms with van der Waals surface area (Å²) in [5.41, 5.74) is -0.547. The molecule has 1 rings (SSSR count). The van der Waals surface area contributed by atoms with Crippen molar-refractivity contribution in [2.45, 2.75) is 84.0 Å². The van der Waals surface area contributed by atoms with Gasteiger partial charge in [0.1, 0.15) is 5.60 Å². The molecule has 0 aromatic carbocycles. The summed E-state index contributed by atoms with van der Waals surface area (Å²) in [4.78, 5) is 18.7. The van der Waals surface area contributed by atoms with Gasteiger partial charge in [0.15, 0.2) is 14.5 Å². The highest BCUT2D eigenvalue weighted by Gasteiger charge is 2.44. The zero-order valence-corrected chi connectivity index (χ0v) is 16.2. The maximum absolute atomic E-state index is 12.3. The van der Waals surface area contributed by atoms with Gasteiger partial charge >= 0.3 is 6.09 Å². The van der Waals surface area contributed by atoms with Crippen LogP contribution in [0.5, 0.6) is 0 Å². The number of nitrogens with zero attached hydrogens (tertiary/aromatic N) is 1. The number of carbonyl (C=O) groups excluding carboxylic acids is 1.